The van der Waals surface area contributed by atoms with E-state index in [1.807, 2.05) is 24.3 Å². The number of ether oxygens (including phenoxy) is 1. The van der Waals surface area contributed by atoms with Crippen molar-refractivity contribution in [1.29, 1.82) is 0 Å². The molecule has 1 unspecified atom stereocenters. The van der Waals surface area contributed by atoms with Crippen molar-refractivity contribution < 1.29 is 4.74 Å². The fraction of sp³-hybridized carbons (Fsp3) is 0.308. The number of nitrogens with zero attached hydrogens (tertiary/aromatic N) is 1. The number of nitrogens with one attached hydrogen (secondary N) is 1. The molecule has 1 aliphatic rings. The molecular formula is C13H13ClN2O. The molecule has 88 valence electrons. The van der Waals surface area contributed by atoms with Crippen LogP contribution in [0.25, 0.3) is 10.9 Å². The molecule has 1 saturated heterocycles. The lowest BCUT2D eigenvalue weighted by atomic mass is 10.0. The lowest BCUT2D eigenvalue weighted by Gasteiger charge is -2.25. The summed E-state index contributed by atoms with van der Waals surface area (Å²) in [6.07, 6.45) is 1.79. The van der Waals surface area contributed by atoms with Gasteiger partial charge in [-0.15, -0.1) is 0 Å². The minimum atomic E-state index is -0.00477. The van der Waals surface area contributed by atoms with Crippen LogP contribution in [0.5, 0.6) is 0 Å². The van der Waals surface area contributed by atoms with E-state index in [4.69, 9.17) is 16.3 Å². The van der Waals surface area contributed by atoms with Gasteiger partial charge in [0.1, 0.15) is 0 Å². The molecule has 2 aromatic rings. The van der Waals surface area contributed by atoms with E-state index in [-0.39, 0.29) is 6.10 Å². The molecule has 1 aromatic heterocycles. The maximum atomic E-state index is 6.29. The number of hydrogen-bond acceptors (Lipinski definition) is 3. The van der Waals surface area contributed by atoms with Gasteiger partial charge in [0.2, 0.25) is 0 Å². The molecule has 1 atom stereocenters. The van der Waals surface area contributed by atoms with E-state index < -0.39 is 0 Å². The lowest BCUT2D eigenvalue weighted by molar-refractivity contribution is 0.0285. The second-order valence-corrected chi connectivity index (χ2v) is 4.51. The quantitative estimate of drug-likeness (QED) is 0.842. The van der Waals surface area contributed by atoms with Gasteiger partial charge in [-0.25, -0.2) is 0 Å². The number of pyridine rings is 1. The molecule has 0 bridgehead atoms. The van der Waals surface area contributed by atoms with E-state index in [0.29, 0.717) is 6.61 Å². The Morgan fingerprint density at radius 2 is 2.29 bits per heavy atom. The van der Waals surface area contributed by atoms with Crippen LogP contribution in [0.15, 0.2) is 30.5 Å². The van der Waals surface area contributed by atoms with Gasteiger partial charge in [-0.1, -0.05) is 23.7 Å². The van der Waals surface area contributed by atoms with Crippen LogP contribution in [0.4, 0.5) is 0 Å². The number of halogens is 1. The van der Waals surface area contributed by atoms with Gasteiger partial charge in [0.15, 0.2) is 0 Å². The van der Waals surface area contributed by atoms with E-state index in [1.54, 1.807) is 6.20 Å². The fourth-order valence-electron chi connectivity index (χ4n) is 2.20. The molecule has 1 aliphatic heterocycles. The van der Waals surface area contributed by atoms with Crippen molar-refractivity contribution in [2.24, 2.45) is 0 Å². The van der Waals surface area contributed by atoms with Gasteiger partial charge in [0.05, 0.1) is 18.2 Å². The monoisotopic (exact) mass is 248 g/mol. The van der Waals surface area contributed by atoms with Gasteiger partial charge in [0.25, 0.3) is 0 Å². The van der Waals surface area contributed by atoms with Crippen LogP contribution < -0.4 is 5.32 Å². The summed E-state index contributed by atoms with van der Waals surface area (Å²) in [5.41, 5.74) is 1.94. The smallest absolute Gasteiger partial charge is 0.0985 e. The second-order valence-electron chi connectivity index (χ2n) is 4.10. The summed E-state index contributed by atoms with van der Waals surface area (Å²) in [5, 5.41) is 5.14. The number of morpholine rings is 1. The largest absolute Gasteiger partial charge is 0.371 e. The predicted octanol–water partition coefficient (Wildman–Crippen LogP) is 2.55. The summed E-state index contributed by atoms with van der Waals surface area (Å²) in [4.78, 5) is 4.42. The van der Waals surface area contributed by atoms with Gasteiger partial charge >= 0.3 is 0 Å². The topological polar surface area (TPSA) is 34.2 Å². The molecule has 0 radical (unpaired) electrons. The van der Waals surface area contributed by atoms with E-state index in [0.717, 1.165) is 34.6 Å². The first kappa shape index (κ1) is 11.0. The standard InChI is InChI=1S/C13H13ClN2O/c14-10-4-3-9-2-1-5-16-13(9)12(10)11-8-15-6-7-17-11/h1-5,11,15H,6-8H2. The molecule has 0 amide bonds. The Hall–Kier alpha value is -1.16. The summed E-state index contributed by atoms with van der Waals surface area (Å²) in [6, 6.07) is 7.88. The third-order valence-corrected chi connectivity index (χ3v) is 3.34. The van der Waals surface area contributed by atoms with E-state index in [9.17, 15) is 0 Å². The van der Waals surface area contributed by atoms with Gasteiger partial charge in [-0.3, -0.25) is 4.98 Å². The average molecular weight is 249 g/mol. The van der Waals surface area contributed by atoms with Crippen LogP contribution in [-0.2, 0) is 4.74 Å². The molecule has 3 nitrogen and oxygen atoms in total. The van der Waals surface area contributed by atoms with Crippen molar-refractivity contribution in [3.63, 3.8) is 0 Å². The highest BCUT2D eigenvalue weighted by atomic mass is 35.5. The van der Waals surface area contributed by atoms with E-state index in [2.05, 4.69) is 10.3 Å². The molecular weight excluding hydrogens is 236 g/mol. The van der Waals surface area contributed by atoms with Gasteiger partial charge < -0.3 is 10.1 Å². The summed E-state index contributed by atoms with van der Waals surface area (Å²) in [6.45, 7) is 2.39. The molecule has 1 N–H and O–H groups in total. The molecule has 3 rings (SSSR count). The summed E-state index contributed by atoms with van der Waals surface area (Å²) >= 11 is 6.29. The fourth-order valence-corrected chi connectivity index (χ4v) is 2.47. The summed E-state index contributed by atoms with van der Waals surface area (Å²) in [7, 11) is 0. The third kappa shape index (κ3) is 2.02. The summed E-state index contributed by atoms with van der Waals surface area (Å²) < 4.78 is 5.77. The molecule has 4 heteroatoms. The Bertz CT molecular complexity index is 538. The second kappa shape index (κ2) is 4.61. The maximum Gasteiger partial charge on any atom is 0.0985 e. The number of hydrogen-bond donors (Lipinski definition) is 1. The molecule has 1 fully saturated rings. The van der Waals surface area contributed by atoms with Crippen molar-refractivity contribution >= 4 is 22.5 Å². The van der Waals surface area contributed by atoms with E-state index >= 15 is 0 Å². The van der Waals surface area contributed by atoms with Gasteiger partial charge in [-0.2, -0.15) is 0 Å². The Kier molecular flexibility index (Phi) is 2.97. The third-order valence-electron chi connectivity index (χ3n) is 3.01. The molecule has 2 heterocycles. The van der Waals surface area contributed by atoms with Crippen molar-refractivity contribution in [3.8, 4) is 0 Å². The van der Waals surface area contributed by atoms with Crippen LogP contribution >= 0.6 is 11.6 Å². The normalized spacial score (nSPS) is 20.6. The van der Waals surface area contributed by atoms with Crippen molar-refractivity contribution in [1.82, 2.24) is 10.3 Å². The lowest BCUT2D eigenvalue weighted by Crippen LogP contribution is -2.33. The number of rotatable bonds is 1. The highest BCUT2D eigenvalue weighted by molar-refractivity contribution is 6.32. The van der Waals surface area contributed by atoms with Gasteiger partial charge in [0, 0.05) is 35.3 Å². The molecule has 0 spiro atoms. The Morgan fingerprint density at radius 3 is 3.12 bits per heavy atom. The Labute approximate surface area is 105 Å². The zero-order valence-electron chi connectivity index (χ0n) is 9.32. The minimum Gasteiger partial charge on any atom is -0.371 e. The first-order valence-corrected chi connectivity index (χ1v) is 6.09. The van der Waals surface area contributed by atoms with Crippen LogP contribution in [0, 0.1) is 0 Å². The van der Waals surface area contributed by atoms with Crippen LogP contribution in [0.3, 0.4) is 0 Å². The van der Waals surface area contributed by atoms with Crippen molar-refractivity contribution in [2.45, 2.75) is 6.10 Å². The first-order chi connectivity index (χ1) is 8.36. The Morgan fingerprint density at radius 1 is 1.35 bits per heavy atom. The molecule has 0 aliphatic carbocycles. The number of aromatic nitrogens is 1. The molecule has 1 aromatic carbocycles. The highest BCUT2D eigenvalue weighted by Gasteiger charge is 2.21. The van der Waals surface area contributed by atoms with Crippen LogP contribution in [0.1, 0.15) is 11.7 Å². The summed E-state index contributed by atoms with van der Waals surface area (Å²) in [5.74, 6) is 0. The SMILES string of the molecule is Clc1ccc2cccnc2c1C1CNCCO1. The van der Waals surface area contributed by atoms with E-state index in [1.165, 1.54) is 0 Å². The Balaban J connectivity index is 2.15. The van der Waals surface area contributed by atoms with Crippen molar-refractivity contribution in [3.05, 3.63) is 41.0 Å². The predicted molar refractivity (Wildman–Crippen MR) is 68.3 cm³/mol. The van der Waals surface area contributed by atoms with Crippen LogP contribution in [0.2, 0.25) is 5.02 Å². The highest BCUT2D eigenvalue weighted by Crippen LogP contribution is 2.32. The minimum absolute atomic E-state index is 0.00477. The van der Waals surface area contributed by atoms with Crippen LogP contribution in [-0.4, -0.2) is 24.7 Å². The number of benzene rings is 1. The maximum absolute atomic E-state index is 6.29. The van der Waals surface area contributed by atoms with Crippen molar-refractivity contribution in [2.75, 3.05) is 19.7 Å². The molecule has 17 heavy (non-hydrogen) atoms. The molecule has 0 saturated carbocycles. The number of fused-ring (bicyclic) bond motifs is 1. The average Bonchev–Trinajstić information content (AvgIpc) is 2.39. The zero-order chi connectivity index (χ0) is 11.7. The first-order valence-electron chi connectivity index (χ1n) is 5.72. The zero-order valence-corrected chi connectivity index (χ0v) is 10.1. The van der Waals surface area contributed by atoms with Gasteiger partial charge in [-0.05, 0) is 12.1 Å².